The van der Waals surface area contributed by atoms with E-state index in [9.17, 15) is 9.90 Å². The van der Waals surface area contributed by atoms with Gasteiger partial charge in [-0.2, -0.15) is 0 Å². The van der Waals surface area contributed by atoms with Crippen molar-refractivity contribution in [3.05, 3.63) is 108 Å². The second kappa shape index (κ2) is 16.3. The summed E-state index contributed by atoms with van der Waals surface area (Å²) in [6, 6.07) is 31.1. The second-order valence-electron chi connectivity index (χ2n) is 11.5. The predicted octanol–water partition coefficient (Wildman–Crippen LogP) is 5.16. The van der Waals surface area contributed by atoms with E-state index in [1.165, 1.54) is 11.1 Å². The fourth-order valence-electron chi connectivity index (χ4n) is 5.86. The van der Waals surface area contributed by atoms with Gasteiger partial charge in [-0.25, -0.2) is 0 Å². The first kappa shape index (κ1) is 30.0. The van der Waals surface area contributed by atoms with Crippen LogP contribution in [0.5, 0.6) is 0 Å². The number of hydrogen-bond donors (Lipinski definition) is 3. The lowest BCUT2D eigenvalue weighted by Gasteiger charge is -2.35. The molecule has 3 atom stereocenters. The number of benzene rings is 3. The Hall–Kier alpha value is -2.99. The van der Waals surface area contributed by atoms with Gasteiger partial charge in [-0.1, -0.05) is 91.0 Å². The highest BCUT2D eigenvalue weighted by atomic mass is 16.3. The maximum atomic E-state index is 13.5. The topological polar surface area (TPSA) is 78.6 Å². The van der Waals surface area contributed by atoms with Crippen molar-refractivity contribution >= 4 is 5.91 Å². The van der Waals surface area contributed by atoms with Crippen molar-refractivity contribution in [3.8, 4) is 0 Å². The van der Waals surface area contributed by atoms with Gasteiger partial charge < -0.3 is 16.2 Å². The van der Waals surface area contributed by atoms with Gasteiger partial charge >= 0.3 is 0 Å². The van der Waals surface area contributed by atoms with Gasteiger partial charge in [0.1, 0.15) is 0 Å². The zero-order valence-corrected chi connectivity index (χ0v) is 23.8. The van der Waals surface area contributed by atoms with E-state index in [0.717, 1.165) is 63.5 Å². The maximum absolute atomic E-state index is 13.5. The van der Waals surface area contributed by atoms with Crippen LogP contribution in [0.15, 0.2) is 91.0 Å². The number of aryl methyl sites for hydroxylation is 2. The highest BCUT2D eigenvalue weighted by Gasteiger charge is 2.29. The molecular weight excluding hydrogens is 494 g/mol. The van der Waals surface area contributed by atoms with Crippen LogP contribution in [0.4, 0.5) is 0 Å². The fraction of sp³-hybridized carbons (Fsp3) is 0.457. The Morgan fingerprint density at radius 1 is 0.850 bits per heavy atom. The van der Waals surface area contributed by atoms with Crippen LogP contribution in [0.2, 0.25) is 0 Å². The van der Waals surface area contributed by atoms with Gasteiger partial charge in [0.15, 0.2) is 0 Å². The van der Waals surface area contributed by atoms with Crippen molar-refractivity contribution in [2.24, 2.45) is 11.7 Å². The first-order valence-corrected chi connectivity index (χ1v) is 15.1. The number of nitrogens with two attached hydrogens (primary N) is 1. The molecule has 3 aromatic carbocycles. The summed E-state index contributed by atoms with van der Waals surface area (Å²) in [5.41, 5.74) is 10.2. The minimum Gasteiger partial charge on any atom is -0.390 e. The molecule has 1 heterocycles. The number of hydrogen-bond acceptors (Lipinski definition) is 4. The maximum Gasteiger partial charge on any atom is 0.224 e. The van der Waals surface area contributed by atoms with Crippen molar-refractivity contribution in [1.29, 1.82) is 0 Å². The molecule has 0 aromatic heterocycles. The van der Waals surface area contributed by atoms with E-state index in [2.05, 4.69) is 70.9 Å². The van der Waals surface area contributed by atoms with E-state index in [1.54, 1.807) is 0 Å². The molecule has 4 N–H and O–H groups in total. The molecule has 5 heteroatoms. The molecule has 1 unspecified atom stereocenters. The molecule has 0 aliphatic carbocycles. The van der Waals surface area contributed by atoms with E-state index >= 15 is 0 Å². The summed E-state index contributed by atoms with van der Waals surface area (Å²) in [5.74, 6) is 0.120. The van der Waals surface area contributed by atoms with Crippen LogP contribution in [0.3, 0.4) is 0 Å². The van der Waals surface area contributed by atoms with Gasteiger partial charge in [0.2, 0.25) is 5.91 Å². The summed E-state index contributed by atoms with van der Waals surface area (Å²) in [6.07, 6.45) is 8.04. The molecule has 40 heavy (non-hydrogen) atoms. The fourth-order valence-corrected chi connectivity index (χ4v) is 5.86. The number of aliphatic hydroxyl groups is 1. The summed E-state index contributed by atoms with van der Waals surface area (Å²) in [4.78, 5) is 15.7. The third kappa shape index (κ3) is 10.2. The molecule has 1 fully saturated rings. The predicted molar refractivity (Wildman–Crippen MR) is 164 cm³/mol. The van der Waals surface area contributed by atoms with Crippen LogP contribution in [0, 0.1) is 5.92 Å². The molecular formula is C35H47N3O2. The number of aliphatic hydroxyl groups excluding tert-OH is 1. The second-order valence-corrected chi connectivity index (χ2v) is 11.5. The third-order valence-electron chi connectivity index (χ3n) is 8.20. The lowest BCUT2D eigenvalue weighted by Crippen LogP contribution is -2.50. The quantitative estimate of drug-likeness (QED) is 0.248. The molecule has 0 radical (unpaired) electrons. The van der Waals surface area contributed by atoms with E-state index in [4.69, 9.17) is 5.73 Å². The SMILES string of the molecule is N[C@H](Cc1ccccc1)[C@@H](O)CN1CCCC(C(=O)NC(CCCc2ccccc2)CCCc2ccccc2)C1. The molecule has 1 aliphatic heterocycles. The summed E-state index contributed by atoms with van der Waals surface area (Å²) >= 11 is 0. The highest BCUT2D eigenvalue weighted by molar-refractivity contribution is 5.79. The van der Waals surface area contributed by atoms with Crippen LogP contribution in [0.1, 0.15) is 55.2 Å². The molecule has 3 aromatic rings. The first-order chi connectivity index (χ1) is 19.6. The monoisotopic (exact) mass is 541 g/mol. The zero-order valence-electron chi connectivity index (χ0n) is 23.8. The van der Waals surface area contributed by atoms with Crippen molar-refractivity contribution < 1.29 is 9.90 Å². The van der Waals surface area contributed by atoms with Crippen LogP contribution < -0.4 is 11.1 Å². The standard InChI is InChI=1S/C35H47N3O2/c36-33(25-30-17-8-3-9-18-30)34(39)27-38-24-12-21-31(26-38)35(40)37-32(22-10-19-28-13-4-1-5-14-28)23-11-20-29-15-6-2-7-16-29/h1-9,13-18,31-34,39H,10-12,19-27,36H2,(H,37,40)/t31?,33-,34+/m1/s1. The number of nitrogens with zero attached hydrogens (tertiary/aromatic N) is 1. The Morgan fingerprint density at radius 3 is 1.93 bits per heavy atom. The molecule has 0 saturated carbocycles. The Bertz CT molecular complexity index is 1060. The molecule has 0 bridgehead atoms. The largest absolute Gasteiger partial charge is 0.390 e. The molecule has 5 nitrogen and oxygen atoms in total. The van der Waals surface area contributed by atoms with Crippen molar-refractivity contribution in [1.82, 2.24) is 10.2 Å². The molecule has 4 rings (SSSR count). The van der Waals surface area contributed by atoms with Crippen molar-refractivity contribution in [2.75, 3.05) is 19.6 Å². The van der Waals surface area contributed by atoms with Crippen LogP contribution >= 0.6 is 0 Å². The number of β-amino-alcohol motifs (C(OH)–C–C–N with tert-alkyl or cyclic N) is 1. The number of carbonyl (C=O) groups is 1. The summed E-state index contributed by atoms with van der Waals surface area (Å²) in [6.45, 7) is 2.09. The van der Waals surface area contributed by atoms with Crippen LogP contribution in [-0.4, -0.2) is 53.7 Å². The Kier molecular flexibility index (Phi) is 12.2. The first-order valence-electron chi connectivity index (χ1n) is 15.1. The number of likely N-dealkylation sites (tertiary alicyclic amines) is 1. The molecule has 0 spiro atoms. The van der Waals surface area contributed by atoms with E-state index in [1.807, 2.05) is 30.3 Å². The molecule has 1 aliphatic rings. The smallest absolute Gasteiger partial charge is 0.224 e. The van der Waals surface area contributed by atoms with E-state index in [0.29, 0.717) is 19.5 Å². The zero-order chi connectivity index (χ0) is 28.0. The van der Waals surface area contributed by atoms with E-state index < -0.39 is 6.10 Å². The van der Waals surface area contributed by atoms with Crippen molar-refractivity contribution in [2.45, 2.75) is 76.0 Å². The Balaban J connectivity index is 1.27. The summed E-state index contributed by atoms with van der Waals surface area (Å²) in [5, 5.41) is 14.3. The van der Waals surface area contributed by atoms with Crippen LogP contribution in [0.25, 0.3) is 0 Å². The van der Waals surface area contributed by atoms with Crippen LogP contribution in [-0.2, 0) is 24.1 Å². The summed E-state index contributed by atoms with van der Waals surface area (Å²) in [7, 11) is 0. The number of rotatable bonds is 15. The van der Waals surface area contributed by atoms with Gasteiger partial charge in [-0.3, -0.25) is 9.69 Å². The molecule has 1 amide bonds. The molecule has 214 valence electrons. The van der Waals surface area contributed by atoms with Gasteiger partial charge in [-0.05, 0) is 81.0 Å². The number of piperidine rings is 1. The average Bonchev–Trinajstić information content (AvgIpc) is 2.98. The van der Waals surface area contributed by atoms with E-state index in [-0.39, 0.29) is 23.9 Å². The lowest BCUT2D eigenvalue weighted by molar-refractivity contribution is -0.127. The Labute approximate surface area is 240 Å². The average molecular weight is 542 g/mol. The van der Waals surface area contributed by atoms with Gasteiger partial charge in [0, 0.05) is 25.2 Å². The number of nitrogens with one attached hydrogen (secondary N) is 1. The normalized spacial score (nSPS) is 17.4. The highest BCUT2D eigenvalue weighted by Crippen LogP contribution is 2.20. The van der Waals surface area contributed by atoms with Gasteiger partial charge in [-0.15, -0.1) is 0 Å². The van der Waals surface area contributed by atoms with Gasteiger partial charge in [0.05, 0.1) is 12.0 Å². The third-order valence-corrected chi connectivity index (χ3v) is 8.20. The lowest BCUT2D eigenvalue weighted by atomic mass is 9.94. The Morgan fingerprint density at radius 2 is 1.38 bits per heavy atom. The molecule has 1 saturated heterocycles. The number of amides is 1. The van der Waals surface area contributed by atoms with Crippen molar-refractivity contribution in [3.63, 3.8) is 0 Å². The van der Waals surface area contributed by atoms with Gasteiger partial charge in [0.25, 0.3) is 0 Å². The minimum absolute atomic E-state index is 0.0444. The number of carbonyl (C=O) groups excluding carboxylic acids is 1. The summed E-state index contributed by atoms with van der Waals surface area (Å²) < 4.78 is 0. The minimum atomic E-state index is -0.620.